The first kappa shape index (κ1) is 18.1. The quantitative estimate of drug-likeness (QED) is 0.499. The minimum absolute atomic E-state index is 0.0655. The Hall–Kier alpha value is -2.67. The Morgan fingerprint density at radius 3 is 2.00 bits per heavy atom. The van der Waals surface area contributed by atoms with Crippen LogP contribution in [0.5, 0.6) is 0 Å². The van der Waals surface area contributed by atoms with E-state index in [4.69, 9.17) is 14.2 Å². The van der Waals surface area contributed by atoms with E-state index in [9.17, 15) is 14.4 Å². The molecule has 0 aliphatic heterocycles. The summed E-state index contributed by atoms with van der Waals surface area (Å²) in [6.45, 7) is -0.165. The second-order valence-electron chi connectivity index (χ2n) is 5.86. The van der Waals surface area contributed by atoms with Crippen LogP contribution in [0.4, 0.5) is 0 Å². The monoisotopic (exact) mass is 354 g/mol. The average Bonchev–Trinajstić information content (AvgIpc) is 2.69. The molecule has 134 valence electrons. The van der Waals surface area contributed by atoms with Crippen molar-refractivity contribution in [3.8, 4) is 0 Å². The number of fused-ring (bicyclic) bond motifs is 2. The van der Waals surface area contributed by atoms with Crippen molar-refractivity contribution in [2.75, 3.05) is 27.9 Å². The maximum atomic E-state index is 13.2. The zero-order valence-electron chi connectivity index (χ0n) is 14.7. The van der Waals surface area contributed by atoms with E-state index in [1.54, 1.807) is 36.4 Å². The maximum absolute atomic E-state index is 13.2. The standard InChI is InChI=1S/C20H18O6/c1-24-11-20(25-2,26-3)19(23)15-10-6-9-14-16(15)18(22)13-8-5-4-7-12(13)17(14)21/h4-10H,11H2,1-3H3. The molecular weight excluding hydrogens is 336 g/mol. The van der Waals surface area contributed by atoms with E-state index in [1.165, 1.54) is 27.4 Å². The lowest BCUT2D eigenvalue weighted by molar-refractivity contribution is -0.194. The van der Waals surface area contributed by atoms with Crippen LogP contribution >= 0.6 is 0 Å². The van der Waals surface area contributed by atoms with E-state index in [0.717, 1.165) is 0 Å². The van der Waals surface area contributed by atoms with Crippen molar-refractivity contribution in [2.45, 2.75) is 5.79 Å². The number of hydrogen-bond acceptors (Lipinski definition) is 6. The van der Waals surface area contributed by atoms with Crippen LogP contribution in [-0.2, 0) is 14.2 Å². The molecule has 0 bridgehead atoms. The molecule has 0 N–H and O–H groups in total. The zero-order valence-corrected chi connectivity index (χ0v) is 14.7. The molecule has 6 heteroatoms. The largest absolute Gasteiger partial charge is 0.379 e. The molecule has 0 aromatic heterocycles. The van der Waals surface area contributed by atoms with Crippen LogP contribution in [0.3, 0.4) is 0 Å². The summed E-state index contributed by atoms with van der Waals surface area (Å²) in [7, 11) is 4.04. The summed E-state index contributed by atoms with van der Waals surface area (Å²) in [5.74, 6) is -2.96. The van der Waals surface area contributed by atoms with Gasteiger partial charge in [0.25, 0.3) is 5.79 Å². The molecule has 0 fully saturated rings. The first-order valence-corrected chi connectivity index (χ1v) is 7.96. The highest BCUT2D eigenvalue weighted by atomic mass is 16.7. The van der Waals surface area contributed by atoms with Gasteiger partial charge in [0, 0.05) is 49.1 Å². The SMILES string of the molecule is COCC(OC)(OC)C(=O)c1cccc2c1C(=O)c1ccccc1C2=O. The Morgan fingerprint density at radius 2 is 1.42 bits per heavy atom. The summed E-state index contributed by atoms with van der Waals surface area (Å²) in [5.41, 5.74) is 0.929. The van der Waals surface area contributed by atoms with Crippen LogP contribution < -0.4 is 0 Å². The van der Waals surface area contributed by atoms with Gasteiger partial charge in [-0.3, -0.25) is 14.4 Å². The predicted molar refractivity (Wildman–Crippen MR) is 92.7 cm³/mol. The van der Waals surface area contributed by atoms with Crippen molar-refractivity contribution in [1.29, 1.82) is 0 Å². The molecule has 1 aliphatic carbocycles. The van der Waals surface area contributed by atoms with Crippen LogP contribution in [0.2, 0.25) is 0 Å². The maximum Gasteiger partial charge on any atom is 0.257 e. The van der Waals surface area contributed by atoms with Crippen molar-refractivity contribution in [1.82, 2.24) is 0 Å². The van der Waals surface area contributed by atoms with Gasteiger partial charge in [-0.1, -0.05) is 42.5 Å². The van der Waals surface area contributed by atoms with E-state index < -0.39 is 11.6 Å². The molecule has 1 aliphatic rings. The summed E-state index contributed by atoms with van der Waals surface area (Å²) < 4.78 is 15.6. The summed E-state index contributed by atoms with van der Waals surface area (Å²) in [4.78, 5) is 39.0. The molecular formula is C20H18O6. The number of hydrogen-bond donors (Lipinski definition) is 0. The number of ketones is 3. The molecule has 0 spiro atoms. The van der Waals surface area contributed by atoms with Crippen molar-refractivity contribution in [3.63, 3.8) is 0 Å². The van der Waals surface area contributed by atoms with Gasteiger partial charge in [0.2, 0.25) is 5.78 Å². The normalized spacial score (nSPS) is 13.3. The van der Waals surface area contributed by atoms with Gasteiger partial charge < -0.3 is 14.2 Å². The molecule has 2 aromatic carbocycles. The molecule has 0 heterocycles. The Balaban J connectivity index is 2.20. The number of carbonyl (C=O) groups is 3. The third-order valence-corrected chi connectivity index (χ3v) is 4.54. The smallest absolute Gasteiger partial charge is 0.257 e. The number of benzene rings is 2. The third kappa shape index (κ3) is 2.59. The Bertz CT molecular complexity index is 895. The predicted octanol–water partition coefficient (Wildman–Crippen LogP) is 2.28. The molecule has 0 unspecified atom stereocenters. The topological polar surface area (TPSA) is 78.9 Å². The lowest BCUT2D eigenvalue weighted by Crippen LogP contribution is -2.47. The number of ether oxygens (including phenoxy) is 3. The average molecular weight is 354 g/mol. The van der Waals surface area contributed by atoms with Gasteiger partial charge in [-0.05, 0) is 0 Å². The van der Waals surface area contributed by atoms with Crippen molar-refractivity contribution >= 4 is 17.3 Å². The lowest BCUT2D eigenvalue weighted by atomic mass is 9.80. The Kier molecular flexibility index (Phi) is 4.82. The van der Waals surface area contributed by atoms with Gasteiger partial charge in [-0.25, -0.2) is 0 Å². The molecule has 0 atom stereocenters. The van der Waals surface area contributed by atoms with E-state index in [1.807, 2.05) is 0 Å². The molecule has 0 saturated heterocycles. The minimum Gasteiger partial charge on any atom is -0.379 e. The summed E-state index contributed by atoms with van der Waals surface area (Å²) >= 11 is 0. The van der Waals surface area contributed by atoms with Gasteiger partial charge in [0.05, 0.1) is 0 Å². The molecule has 0 amide bonds. The van der Waals surface area contributed by atoms with Crippen LogP contribution in [0.1, 0.15) is 42.2 Å². The molecule has 26 heavy (non-hydrogen) atoms. The minimum atomic E-state index is -1.70. The fourth-order valence-corrected chi connectivity index (χ4v) is 3.18. The molecule has 3 rings (SSSR count). The van der Waals surface area contributed by atoms with Crippen molar-refractivity contribution in [3.05, 3.63) is 70.3 Å². The van der Waals surface area contributed by atoms with E-state index in [2.05, 4.69) is 0 Å². The van der Waals surface area contributed by atoms with Crippen LogP contribution in [0.25, 0.3) is 0 Å². The van der Waals surface area contributed by atoms with Crippen molar-refractivity contribution < 1.29 is 28.6 Å². The molecule has 2 aromatic rings. The summed E-state index contributed by atoms with van der Waals surface area (Å²) in [6, 6.07) is 11.2. The van der Waals surface area contributed by atoms with Gasteiger partial charge in [0.15, 0.2) is 11.6 Å². The molecule has 6 nitrogen and oxygen atoms in total. The Labute approximate surface area is 150 Å². The second kappa shape index (κ2) is 6.92. The summed E-state index contributed by atoms with van der Waals surface area (Å²) in [5, 5.41) is 0. The van der Waals surface area contributed by atoms with E-state index in [-0.39, 0.29) is 40.4 Å². The molecule has 0 radical (unpaired) electrons. The van der Waals surface area contributed by atoms with Crippen LogP contribution in [0.15, 0.2) is 42.5 Å². The highest BCUT2D eigenvalue weighted by Gasteiger charge is 2.43. The Morgan fingerprint density at radius 1 is 0.846 bits per heavy atom. The first-order valence-electron chi connectivity index (χ1n) is 7.96. The second-order valence-corrected chi connectivity index (χ2v) is 5.86. The van der Waals surface area contributed by atoms with Gasteiger partial charge in [0.1, 0.15) is 6.61 Å². The van der Waals surface area contributed by atoms with Crippen LogP contribution in [-0.4, -0.2) is 51.1 Å². The van der Waals surface area contributed by atoms with Gasteiger partial charge in [-0.2, -0.15) is 0 Å². The van der Waals surface area contributed by atoms with E-state index >= 15 is 0 Å². The highest BCUT2D eigenvalue weighted by Crippen LogP contribution is 2.32. The summed E-state index contributed by atoms with van der Waals surface area (Å²) in [6.07, 6.45) is 0. The van der Waals surface area contributed by atoms with Gasteiger partial charge >= 0.3 is 0 Å². The molecule has 0 saturated carbocycles. The third-order valence-electron chi connectivity index (χ3n) is 4.54. The van der Waals surface area contributed by atoms with Gasteiger partial charge in [-0.15, -0.1) is 0 Å². The zero-order chi connectivity index (χ0) is 18.9. The number of carbonyl (C=O) groups excluding carboxylic acids is 3. The fourth-order valence-electron chi connectivity index (χ4n) is 3.18. The van der Waals surface area contributed by atoms with Crippen molar-refractivity contribution in [2.24, 2.45) is 0 Å². The fraction of sp³-hybridized carbons (Fsp3) is 0.250. The van der Waals surface area contributed by atoms with E-state index in [0.29, 0.717) is 5.56 Å². The lowest BCUT2D eigenvalue weighted by Gasteiger charge is -2.29. The highest BCUT2D eigenvalue weighted by molar-refractivity contribution is 6.31. The number of rotatable bonds is 6. The van der Waals surface area contributed by atoms with Crippen LogP contribution in [0, 0.1) is 0 Å². The first-order chi connectivity index (χ1) is 12.5. The number of methoxy groups -OCH3 is 3. The number of Topliss-reactive ketones (excluding diaryl/α,β-unsaturated/α-hetero) is 1.